The lowest BCUT2D eigenvalue weighted by Gasteiger charge is -2.21. The van der Waals surface area contributed by atoms with Crippen molar-refractivity contribution in [3.8, 4) is 0 Å². The average molecular weight is 1400 g/mol. The molecule has 2 unspecified atom stereocenters. The van der Waals surface area contributed by atoms with Crippen LogP contribution in [0, 0.1) is 0 Å². The van der Waals surface area contributed by atoms with Crippen LogP contribution in [-0.4, -0.2) is 96.7 Å². The van der Waals surface area contributed by atoms with Crippen LogP contribution >= 0.6 is 15.6 Å². The van der Waals surface area contributed by atoms with Gasteiger partial charge in [0.05, 0.1) is 26.4 Å². The van der Waals surface area contributed by atoms with Gasteiger partial charge in [0.15, 0.2) is 12.2 Å². The summed E-state index contributed by atoms with van der Waals surface area (Å²) in [6.45, 7) is 4.90. The number of carbonyl (C=O) groups excluding carboxylic acids is 4. The van der Waals surface area contributed by atoms with Crippen LogP contribution < -0.4 is 0 Å². The Morgan fingerprint density at radius 3 is 0.792 bits per heavy atom. The molecule has 0 saturated heterocycles. The van der Waals surface area contributed by atoms with Crippen LogP contribution in [0.25, 0.3) is 0 Å². The molecule has 0 amide bonds. The highest BCUT2D eigenvalue weighted by molar-refractivity contribution is 7.47. The second kappa shape index (κ2) is 70.7. The second-order valence-corrected chi connectivity index (χ2v) is 29.6. The Hall–Kier alpha value is -2.72. The fraction of sp³-hybridized carbons (Fsp3) is 0.870. The van der Waals surface area contributed by atoms with Crippen molar-refractivity contribution in [3.63, 3.8) is 0 Å². The fourth-order valence-corrected chi connectivity index (χ4v) is 12.7. The van der Waals surface area contributed by atoms with Crippen LogP contribution in [0.2, 0.25) is 0 Å². The lowest BCUT2D eigenvalue weighted by molar-refractivity contribution is -0.161. The second-order valence-electron chi connectivity index (χ2n) is 26.7. The van der Waals surface area contributed by atoms with Crippen molar-refractivity contribution < 1.29 is 80.2 Å². The van der Waals surface area contributed by atoms with Gasteiger partial charge in [0.25, 0.3) is 0 Å². The molecule has 0 aliphatic carbocycles. The minimum absolute atomic E-state index is 0.100. The van der Waals surface area contributed by atoms with E-state index < -0.39 is 97.5 Å². The molecule has 0 spiro atoms. The van der Waals surface area contributed by atoms with Crippen molar-refractivity contribution >= 4 is 39.5 Å². The smallest absolute Gasteiger partial charge is 0.462 e. The topological polar surface area (TPSA) is 237 Å². The average Bonchev–Trinajstić information content (AvgIpc) is 1.14. The number of allylic oxidation sites excluding steroid dienone is 6. The number of unbranched alkanes of at least 4 members (excludes halogenated alkanes) is 44. The first-order valence-electron chi connectivity index (χ1n) is 39.2. The van der Waals surface area contributed by atoms with E-state index in [2.05, 4.69) is 64.2 Å². The molecule has 0 aromatic heterocycles. The van der Waals surface area contributed by atoms with Crippen molar-refractivity contribution in [1.82, 2.24) is 0 Å². The highest BCUT2D eigenvalue weighted by Crippen LogP contribution is 2.45. The Labute approximate surface area is 585 Å². The van der Waals surface area contributed by atoms with Gasteiger partial charge in [-0.05, 0) is 77.0 Å². The minimum atomic E-state index is -4.96. The molecule has 17 nitrogen and oxygen atoms in total. The van der Waals surface area contributed by atoms with Crippen molar-refractivity contribution in [1.29, 1.82) is 0 Å². The summed E-state index contributed by atoms with van der Waals surface area (Å²) in [5.74, 6) is -2.16. The van der Waals surface area contributed by atoms with Crippen LogP contribution in [0.5, 0.6) is 0 Å². The number of phosphoric ester groups is 2. The van der Waals surface area contributed by atoms with Gasteiger partial charge in [0, 0.05) is 25.7 Å². The Bertz CT molecular complexity index is 1970. The number of rotatable bonds is 75. The summed E-state index contributed by atoms with van der Waals surface area (Å²) < 4.78 is 68.5. The number of esters is 4. The third kappa shape index (κ3) is 69.7. The third-order valence-corrected chi connectivity index (χ3v) is 19.0. The van der Waals surface area contributed by atoms with E-state index in [1.54, 1.807) is 0 Å². The molecule has 0 bridgehead atoms. The predicted molar refractivity (Wildman–Crippen MR) is 391 cm³/mol. The van der Waals surface area contributed by atoms with Gasteiger partial charge in [-0.3, -0.25) is 37.3 Å². The molecule has 0 heterocycles. The number of aliphatic hydroxyl groups is 1. The summed E-state index contributed by atoms with van der Waals surface area (Å²) >= 11 is 0. The zero-order valence-corrected chi connectivity index (χ0v) is 63.4. The predicted octanol–water partition coefficient (Wildman–Crippen LogP) is 22.3. The molecule has 96 heavy (non-hydrogen) atoms. The van der Waals surface area contributed by atoms with E-state index in [9.17, 15) is 43.2 Å². The number of hydrogen-bond acceptors (Lipinski definition) is 15. The van der Waals surface area contributed by atoms with Crippen LogP contribution in [0.1, 0.15) is 374 Å². The van der Waals surface area contributed by atoms with Gasteiger partial charge in [-0.25, -0.2) is 9.13 Å². The molecule has 0 rings (SSSR count). The highest BCUT2D eigenvalue weighted by atomic mass is 31.2. The van der Waals surface area contributed by atoms with Crippen LogP contribution in [0.4, 0.5) is 0 Å². The number of carbonyl (C=O) groups is 4. The summed E-state index contributed by atoms with van der Waals surface area (Å²) in [6, 6.07) is 0. The first-order valence-corrected chi connectivity index (χ1v) is 42.2. The van der Waals surface area contributed by atoms with Gasteiger partial charge in [0.1, 0.15) is 19.3 Å². The lowest BCUT2D eigenvalue weighted by atomic mass is 10.0. The van der Waals surface area contributed by atoms with Crippen molar-refractivity contribution in [2.45, 2.75) is 393 Å². The zero-order chi connectivity index (χ0) is 70.4. The lowest BCUT2D eigenvalue weighted by Crippen LogP contribution is -2.30. The van der Waals surface area contributed by atoms with Gasteiger partial charge in [0.2, 0.25) is 0 Å². The monoisotopic (exact) mass is 1400 g/mol. The molecular formula is C77H144O17P2. The number of aliphatic hydroxyl groups excluding tert-OH is 1. The Morgan fingerprint density at radius 2 is 0.510 bits per heavy atom. The molecule has 3 N–H and O–H groups in total. The maximum atomic E-state index is 13.1. The molecule has 0 saturated carbocycles. The van der Waals surface area contributed by atoms with Crippen LogP contribution in [-0.2, 0) is 65.4 Å². The molecule has 0 aliphatic heterocycles. The highest BCUT2D eigenvalue weighted by Gasteiger charge is 2.30. The molecule has 0 radical (unpaired) electrons. The quantitative estimate of drug-likeness (QED) is 0.0128. The first-order chi connectivity index (χ1) is 46.7. The van der Waals surface area contributed by atoms with Gasteiger partial charge < -0.3 is 33.8 Å². The van der Waals surface area contributed by atoms with Crippen molar-refractivity contribution in [3.05, 3.63) is 36.5 Å². The number of hydrogen-bond donors (Lipinski definition) is 3. The maximum absolute atomic E-state index is 13.1. The molecule has 0 aliphatic rings. The summed E-state index contributed by atoms with van der Waals surface area (Å²) in [7, 11) is -9.93. The maximum Gasteiger partial charge on any atom is 0.472 e. The summed E-state index contributed by atoms with van der Waals surface area (Å²) in [5.41, 5.74) is 0. The largest absolute Gasteiger partial charge is 0.472 e. The molecular weight excluding hydrogens is 1260 g/mol. The van der Waals surface area contributed by atoms with E-state index in [4.69, 9.17) is 37.0 Å². The summed E-state index contributed by atoms with van der Waals surface area (Å²) in [6.07, 6.45) is 65.5. The van der Waals surface area contributed by atoms with Gasteiger partial charge in [-0.1, -0.05) is 308 Å². The van der Waals surface area contributed by atoms with Gasteiger partial charge >= 0.3 is 39.5 Å². The van der Waals surface area contributed by atoms with Crippen LogP contribution in [0.15, 0.2) is 36.5 Å². The minimum Gasteiger partial charge on any atom is -0.462 e. The van der Waals surface area contributed by atoms with E-state index in [1.807, 2.05) is 0 Å². The van der Waals surface area contributed by atoms with E-state index in [0.717, 1.165) is 128 Å². The normalized spacial score (nSPS) is 14.1. The molecule has 564 valence electrons. The fourth-order valence-electron chi connectivity index (χ4n) is 11.1. The Kier molecular flexibility index (Phi) is 68.7. The number of phosphoric acid groups is 2. The molecule has 0 aromatic carbocycles. The van der Waals surface area contributed by atoms with E-state index in [1.165, 1.54) is 167 Å². The SMILES string of the molecule is CCCCCC/C=C\C=C/CCCCCCCC(=O)OC[C@H](COP(=O)(O)OC[C@H](O)COP(=O)(O)OC[C@@H](COC(=O)CCCCCCC/C=C\CCCCCCCC)OC(=O)CCCCCCCCCCCCCCC)OC(=O)CCCCCCCCCCCCCCC. The molecule has 19 heteroatoms. The number of ether oxygens (including phenoxy) is 4. The third-order valence-electron chi connectivity index (χ3n) is 17.1. The van der Waals surface area contributed by atoms with Crippen LogP contribution in [0.3, 0.4) is 0 Å². The van der Waals surface area contributed by atoms with Crippen molar-refractivity contribution in [2.75, 3.05) is 39.6 Å². The first kappa shape index (κ1) is 93.3. The zero-order valence-electron chi connectivity index (χ0n) is 61.6. The van der Waals surface area contributed by atoms with Gasteiger partial charge in [-0.2, -0.15) is 0 Å². The van der Waals surface area contributed by atoms with E-state index >= 15 is 0 Å². The molecule has 0 fully saturated rings. The summed E-state index contributed by atoms with van der Waals surface area (Å²) in [5, 5.41) is 10.6. The van der Waals surface area contributed by atoms with Gasteiger partial charge in [-0.15, -0.1) is 0 Å². The van der Waals surface area contributed by atoms with Crippen molar-refractivity contribution in [2.24, 2.45) is 0 Å². The Balaban J connectivity index is 5.30. The standard InChI is InChI=1S/C77H144O17P2/c1-5-9-13-17-21-25-29-33-35-39-41-45-49-53-57-61-74(79)87-67-72(93-76(81)63-59-55-51-47-43-37-31-27-23-19-15-11-7-3)69-91-95(83,84)89-65-71(78)66-90-96(85,86)92-70-73(94-77(82)64-60-56-52-48-44-38-32-28-24-20-16-12-8-4)68-88-75(80)62-58-54-50-46-42-40-36-34-30-26-22-18-14-10-6-2/h25,29,33-36,71-73,78H,5-24,26-28,30-32,37-70H2,1-4H3,(H,83,84)(H,85,86)/b29-25-,35-33-,36-34-/t71-,72+,73+/m0/s1. The Morgan fingerprint density at radius 1 is 0.292 bits per heavy atom. The molecule has 5 atom stereocenters. The van der Waals surface area contributed by atoms with E-state index in [0.29, 0.717) is 25.7 Å². The molecule has 0 aromatic rings. The van der Waals surface area contributed by atoms with E-state index in [-0.39, 0.29) is 25.7 Å². The summed E-state index contributed by atoms with van der Waals surface area (Å²) in [4.78, 5) is 72.8.